The van der Waals surface area contributed by atoms with Gasteiger partial charge in [-0.05, 0) is 39.7 Å². The van der Waals surface area contributed by atoms with E-state index in [1.807, 2.05) is 13.8 Å². The van der Waals surface area contributed by atoms with Crippen LogP contribution in [0.25, 0.3) is 0 Å². The summed E-state index contributed by atoms with van der Waals surface area (Å²) >= 11 is 1.60. The SMILES string of the molecule is CCCNC(C)(CCCCSc1n[nH]c(C)n1)C(=O)O. The molecule has 20 heavy (non-hydrogen) atoms. The molecule has 0 amide bonds. The minimum absolute atomic E-state index is 0.635. The number of nitrogens with one attached hydrogen (secondary N) is 2. The first kappa shape index (κ1) is 17.0. The van der Waals surface area contributed by atoms with E-state index < -0.39 is 11.5 Å². The van der Waals surface area contributed by atoms with E-state index in [2.05, 4.69) is 20.5 Å². The first-order chi connectivity index (χ1) is 9.48. The molecule has 1 unspecified atom stereocenters. The lowest BCUT2D eigenvalue weighted by Gasteiger charge is -2.26. The zero-order valence-corrected chi connectivity index (χ0v) is 13.2. The van der Waals surface area contributed by atoms with E-state index >= 15 is 0 Å². The summed E-state index contributed by atoms with van der Waals surface area (Å²) in [7, 11) is 0. The van der Waals surface area contributed by atoms with Crippen LogP contribution in [0, 0.1) is 6.92 Å². The third kappa shape index (κ3) is 5.50. The van der Waals surface area contributed by atoms with Crippen molar-refractivity contribution in [2.24, 2.45) is 0 Å². The minimum atomic E-state index is -0.818. The first-order valence-electron chi connectivity index (χ1n) is 6.98. The van der Waals surface area contributed by atoms with Gasteiger partial charge in [0.15, 0.2) is 0 Å². The van der Waals surface area contributed by atoms with Crippen molar-refractivity contribution in [3.8, 4) is 0 Å². The molecule has 3 N–H and O–H groups in total. The van der Waals surface area contributed by atoms with Crippen LogP contribution >= 0.6 is 11.8 Å². The fourth-order valence-corrected chi connectivity index (χ4v) is 2.65. The maximum atomic E-state index is 11.3. The van der Waals surface area contributed by atoms with E-state index in [9.17, 15) is 9.90 Å². The number of nitrogens with zero attached hydrogens (tertiary/aromatic N) is 2. The average Bonchev–Trinajstić information content (AvgIpc) is 2.81. The summed E-state index contributed by atoms with van der Waals surface area (Å²) in [5.41, 5.74) is -0.818. The summed E-state index contributed by atoms with van der Waals surface area (Å²) < 4.78 is 0. The molecule has 0 saturated carbocycles. The van der Waals surface area contributed by atoms with Gasteiger partial charge in [0, 0.05) is 5.75 Å². The summed E-state index contributed by atoms with van der Waals surface area (Å²) in [5, 5.41) is 20.0. The van der Waals surface area contributed by atoms with E-state index in [-0.39, 0.29) is 0 Å². The number of carboxylic acid groups (broad SMARTS) is 1. The number of aromatic nitrogens is 3. The maximum Gasteiger partial charge on any atom is 0.323 e. The Kier molecular flexibility index (Phi) is 7.01. The number of carboxylic acids is 1. The van der Waals surface area contributed by atoms with Crippen molar-refractivity contribution in [3.63, 3.8) is 0 Å². The second-order valence-electron chi connectivity index (χ2n) is 5.07. The molecule has 0 radical (unpaired) electrons. The molecule has 1 heterocycles. The summed E-state index contributed by atoms with van der Waals surface area (Å²) in [6.45, 7) is 6.39. The van der Waals surface area contributed by atoms with E-state index in [1.54, 1.807) is 18.7 Å². The summed E-state index contributed by atoms with van der Waals surface area (Å²) in [5.74, 6) is 0.943. The van der Waals surface area contributed by atoms with Gasteiger partial charge in [0.2, 0.25) is 5.16 Å². The van der Waals surface area contributed by atoms with Gasteiger partial charge in [-0.15, -0.1) is 5.10 Å². The van der Waals surface area contributed by atoms with Crippen molar-refractivity contribution in [1.82, 2.24) is 20.5 Å². The summed E-state index contributed by atoms with van der Waals surface area (Å²) in [4.78, 5) is 15.5. The molecule has 0 aliphatic rings. The molecule has 0 saturated heterocycles. The smallest absolute Gasteiger partial charge is 0.323 e. The molecular formula is C13H24N4O2S. The Morgan fingerprint density at radius 2 is 2.25 bits per heavy atom. The Balaban J connectivity index is 2.25. The number of aliphatic carboxylic acids is 1. The van der Waals surface area contributed by atoms with Crippen LogP contribution in [0.3, 0.4) is 0 Å². The van der Waals surface area contributed by atoms with Gasteiger partial charge in [0.05, 0.1) is 0 Å². The van der Waals surface area contributed by atoms with Crippen LogP contribution in [0.4, 0.5) is 0 Å². The zero-order valence-electron chi connectivity index (χ0n) is 12.4. The van der Waals surface area contributed by atoms with E-state index in [4.69, 9.17) is 0 Å². The van der Waals surface area contributed by atoms with Crippen molar-refractivity contribution >= 4 is 17.7 Å². The highest BCUT2D eigenvalue weighted by Crippen LogP contribution is 2.18. The van der Waals surface area contributed by atoms with Gasteiger partial charge < -0.3 is 10.4 Å². The van der Waals surface area contributed by atoms with Gasteiger partial charge in [0.25, 0.3) is 0 Å². The molecule has 6 nitrogen and oxygen atoms in total. The van der Waals surface area contributed by atoms with Crippen LogP contribution in [0.5, 0.6) is 0 Å². The van der Waals surface area contributed by atoms with E-state index in [0.29, 0.717) is 6.42 Å². The molecule has 0 aliphatic heterocycles. The predicted octanol–water partition coefficient (Wildman–Crippen LogP) is 2.22. The Bertz CT molecular complexity index is 424. The van der Waals surface area contributed by atoms with Crippen LogP contribution in [0.1, 0.15) is 45.4 Å². The zero-order chi connectivity index (χ0) is 15.0. The van der Waals surface area contributed by atoms with Crippen molar-refractivity contribution < 1.29 is 9.90 Å². The fourth-order valence-electron chi connectivity index (χ4n) is 1.80. The molecule has 0 bridgehead atoms. The van der Waals surface area contributed by atoms with Crippen LogP contribution in [0.2, 0.25) is 0 Å². The highest BCUT2D eigenvalue weighted by atomic mass is 32.2. The quantitative estimate of drug-likeness (QED) is 0.453. The predicted molar refractivity (Wildman–Crippen MR) is 80.0 cm³/mol. The van der Waals surface area contributed by atoms with Crippen molar-refractivity contribution in [3.05, 3.63) is 5.82 Å². The maximum absolute atomic E-state index is 11.3. The Labute approximate surface area is 124 Å². The van der Waals surface area contributed by atoms with Gasteiger partial charge in [-0.3, -0.25) is 9.89 Å². The highest BCUT2D eigenvalue weighted by molar-refractivity contribution is 7.99. The van der Waals surface area contributed by atoms with Crippen LogP contribution in [-0.4, -0.2) is 44.1 Å². The number of hydrogen-bond acceptors (Lipinski definition) is 5. The van der Waals surface area contributed by atoms with Crippen LogP contribution < -0.4 is 5.32 Å². The van der Waals surface area contributed by atoms with Gasteiger partial charge in [0.1, 0.15) is 11.4 Å². The Morgan fingerprint density at radius 3 is 2.80 bits per heavy atom. The van der Waals surface area contributed by atoms with E-state index in [0.717, 1.165) is 42.5 Å². The molecule has 1 aromatic heterocycles. The standard InChI is InChI=1S/C13H24N4O2S/c1-4-8-14-13(3,11(18)19)7-5-6-9-20-12-15-10(2)16-17-12/h14H,4-9H2,1-3H3,(H,18,19)(H,15,16,17). The normalized spacial score (nSPS) is 14.2. The number of rotatable bonds is 10. The number of hydrogen-bond donors (Lipinski definition) is 3. The Hall–Kier alpha value is -1.08. The molecule has 0 spiro atoms. The molecule has 0 fully saturated rings. The molecule has 0 aromatic carbocycles. The van der Waals surface area contributed by atoms with Crippen molar-refractivity contribution in [2.45, 2.75) is 57.1 Å². The second kappa shape index (κ2) is 8.26. The lowest BCUT2D eigenvalue weighted by atomic mass is 9.95. The third-order valence-corrected chi connectivity index (χ3v) is 4.05. The number of thioether (sulfide) groups is 1. The third-order valence-electron chi connectivity index (χ3n) is 3.12. The molecular weight excluding hydrogens is 276 g/mol. The van der Waals surface area contributed by atoms with Gasteiger partial charge >= 0.3 is 5.97 Å². The topological polar surface area (TPSA) is 90.9 Å². The van der Waals surface area contributed by atoms with E-state index in [1.165, 1.54) is 0 Å². The molecule has 1 atom stereocenters. The molecule has 114 valence electrons. The van der Waals surface area contributed by atoms with Crippen molar-refractivity contribution in [2.75, 3.05) is 12.3 Å². The minimum Gasteiger partial charge on any atom is -0.480 e. The number of H-pyrrole nitrogens is 1. The highest BCUT2D eigenvalue weighted by Gasteiger charge is 2.31. The van der Waals surface area contributed by atoms with Gasteiger partial charge in [-0.25, -0.2) is 4.98 Å². The summed E-state index contributed by atoms with van der Waals surface area (Å²) in [6, 6.07) is 0. The van der Waals surface area contributed by atoms with Crippen LogP contribution in [-0.2, 0) is 4.79 Å². The number of aryl methyl sites for hydroxylation is 1. The fraction of sp³-hybridized carbons (Fsp3) is 0.769. The second-order valence-corrected chi connectivity index (χ2v) is 6.14. The largest absolute Gasteiger partial charge is 0.480 e. The number of unbranched alkanes of at least 4 members (excludes halogenated alkanes) is 1. The van der Waals surface area contributed by atoms with Gasteiger partial charge in [-0.2, -0.15) is 0 Å². The lowest BCUT2D eigenvalue weighted by Crippen LogP contribution is -2.49. The number of carbonyl (C=O) groups is 1. The number of aromatic amines is 1. The lowest BCUT2D eigenvalue weighted by molar-refractivity contribution is -0.144. The van der Waals surface area contributed by atoms with Gasteiger partial charge in [-0.1, -0.05) is 25.1 Å². The Morgan fingerprint density at radius 1 is 1.50 bits per heavy atom. The van der Waals surface area contributed by atoms with Crippen LogP contribution in [0.15, 0.2) is 5.16 Å². The average molecular weight is 300 g/mol. The monoisotopic (exact) mass is 300 g/mol. The molecule has 7 heteroatoms. The molecule has 1 aromatic rings. The van der Waals surface area contributed by atoms with Crippen molar-refractivity contribution in [1.29, 1.82) is 0 Å². The molecule has 0 aliphatic carbocycles. The molecule has 1 rings (SSSR count). The first-order valence-corrected chi connectivity index (χ1v) is 7.96. The summed E-state index contributed by atoms with van der Waals surface area (Å²) in [6.07, 6.45) is 3.39.